The van der Waals surface area contributed by atoms with Crippen LogP contribution in [-0.2, 0) is 6.54 Å². The molecule has 1 fully saturated rings. The van der Waals surface area contributed by atoms with Crippen LogP contribution in [0.5, 0.6) is 0 Å². The van der Waals surface area contributed by atoms with Crippen molar-refractivity contribution in [3.63, 3.8) is 0 Å². The molecule has 2 aromatic rings. The van der Waals surface area contributed by atoms with Crippen LogP contribution in [0.15, 0.2) is 61.8 Å². The molecule has 0 N–H and O–H groups in total. The highest BCUT2D eigenvalue weighted by Gasteiger charge is 2.37. The first-order valence-corrected chi connectivity index (χ1v) is 17.8. The van der Waals surface area contributed by atoms with Gasteiger partial charge in [-0.2, -0.15) is 4.91 Å². The normalized spacial score (nSPS) is 25.3. The molecule has 2 aliphatic carbocycles. The van der Waals surface area contributed by atoms with Crippen LogP contribution in [-0.4, -0.2) is 25.8 Å². The summed E-state index contributed by atoms with van der Waals surface area (Å²) in [6, 6.07) is 5.93. The molecular formula is C38H54N4O4. The fraction of sp³-hybridized carbons (Fsp3) is 0.658. The molecule has 1 aromatic heterocycles. The molecule has 1 saturated carbocycles. The molecule has 0 radical (unpaired) electrons. The first-order chi connectivity index (χ1) is 22.0. The average Bonchev–Trinajstić information content (AvgIpc) is 3.28. The minimum atomic E-state index is -0.415. The number of nitroso groups, excluding NO2 is 1. The third kappa shape index (κ3) is 7.16. The maximum absolute atomic E-state index is 14.2. The number of ketones is 1. The molecule has 0 bridgehead atoms. The predicted molar refractivity (Wildman–Crippen MR) is 185 cm³/mol. The summed E-state index contributed by atoms with van der Waals surface area (Å²) in [5.41, 5.74) is 3.84. The van der Waals surface area contributed by atoms with Gasteiger partial charge in [0, 0.05) is 5.56 Å². The Hall–Kier alpha value is -3.29. The van der Waals surface area contributed by atoms with Crippen molar-refractivity contribution in [2.24, 2.45) is 34.8 Å². The monoisotopic (exact) mass is 630 g/mol. The van der Waals surface area contributed by atoms with Gasteiger partial charge in [0.1, 0.15) is 0 Å². The van der Waals surface area contributed by atoms with Crippen LogP contribution in [0.2, 0.25) is 0 Å². The summed E-state index contributed by atoms with van der Waals surface area (Å²) in [7, 11) is 0. The highest BCUT2D eigenvalue weighted by atomic mass is 16.3. The van der Waals surface area contributed by atoms with Crippen molar-refractivity contribution >= 4 is 5.78 Å². The number of hydrogen-bond donors (Lipinski definition) is 0. The van der Waals surface area contributed by atoms with Crippen LogP contribution in [0, 0.1) is 34.5 Å². The first kappa shape index (κ1) is 34.1. The Kier molecular flexibility index (Phi) is 10.8. The molecule has 0 amide bonds. The number of carbonyl (C=O) groups is 1. The Morgan fingerprint density at radius 1 is 0.978 bits per heavy atom. The van der Waals surface area contributed by atoms with E-state index in [1.807, 2.05) is 0 Å². The van der Waals surface area contributed by atoms with Crippen LogP contribution >= 0.6 is 0 Å². The number of allylic oxidation sites excluding steroid dienone is 3. The maximum Gasteiger partial charge on any atom is 0.352 e. The van der Waals surface area contributed by atoms with Gasteiger partial charge in [0.15, 0.2) is 5.78 Å². The van der Waals surface area contributed by atoms with Crippen molar-refractivity contribution in [3.05, 3.63) is 78.5 Å². The molecule has 1 aromatic carbocycles. The van der Waals surface area contributed by atoms with Gasteiger partial charge in [-0.15, -0.1) is 0 Å². The maximum atomic E-state index is 14.2. The molecule has 46 heavy (non-hydrogen) atoms. The third-order valence-corrected chi connectivity index (χ3v) is 11.4. The molecule has 2 unspecified atom stereocenters. The first-order valence-electron chi connectivity index (χ1n) is 17.8. The smallest absolute Gasteiger partial charge is 0.295 e. The number of Topliss-reactive ketones (excluding diaryl/α,β-unsaturated/α-hetero) is 1. The lowest BCUT2D eigenvalue weighted by atomic mass is 9.71. The zero-order valence-corrected chi connectivity index (χ0v) is 28.8. The highest BCUT2D eigenvalue weighted by Crippen LogP contribution is 2.43. The van der Waals surface area contributed by atoms with Crippen molar-refractivity contribution in [2.75, 3.05) is 0 Å². The van der Waals surface area contributed by atoms with Crippen molar-refractivity contribution in [1.29, 1.82) is 0 Å². The molecule has 8 nitrogen and oxygen atoms in total. The van der Waals surface area contributed by atoms with E-state index < -0.39 is 6.04 Å². The Labute approximate surface area is 273 Å². The van der Waals surface area contributed by atoms with E-state index in [0.717, 1.165) is 36.3 Å². The van der Waals surface area contributed by atoms with Crippen LogP contribution in [0.1, 0.15) is 129 Å². The third-order valence-electron chi connectivity index (χ3n) is 11.4. The largest absolute Gasteiger partial charge is 0.352 e. The van der Waals surface area contributed by atoms with E-state index in [2.05, 4.69) is 45.9 Å². The second-order valence-corrected chi connectivity index (χ2v) is 15.1. The molecule has 2 heterocycles. The van der Waals surface area contributed by atoms with Gasteiger partial charge < -0.3 is 0 Å². The van der Waals surface area contributed by atoms with Gasteiger partial charge >= 0.3 is 11.4 Å². The summed E-state index contributed by atoms with van der Waals surface area (Å²) in [5.74, 6) is 3.03. The Balaban J connectivity index is 1.50. The molecule has 6 atom stereocenters. The van der Waals surface area contributed by atoms with Crippen LogP contribution < -0.4 is 11.4 Å². The fourth-order valence-electron chi connectivity index (χ4n) is 8.20. The lowest BCUT2D eigenvalue weighted by Gasteiger charge is -2.37. The zero-order chi connectivity index (χ0) is 33.1. The Morgan fingerprint density at radius 3 is 2.37 bits per heavy atom. The summed E-state index contributed by atoms with van der Waals surface area (Å²) in [4.78, 5) is 51.7. The molecule has 1 aliphatic heterocycles. The number of benzene rings is 1. The van der Waals surface area contributed by atoms with E-state index in [-0.39, 0.29) is 23.2 Å². The molecule has 8 heteroatoms. The van der Waals surface area contributed by atoms with Crippen LogP contribution in [0.4, 0.5) is 0 Å². The Bertz CT molecular complexity index is 1590. The van der Waals surface area contributed by atoms with Crippen LogP contribution in [0.3, 0.4) is 0 Å². The molecule has 0 spiro atoms. The quantitative estimate of drug-likeness (QED) is 0.134. The van der Waals surface area contributed by atoms with E-state index in [9.17, 15) is 19.3 Å². The zero-order valence-electron chi connectivity index (χ0n) is 28.8. The number of nitrogens with zero attached hydrogens (tertiary/aromatic N) is 4. The van der Waals surface area contributed by atoms with Crippen molar-refractivity contribution in [2.45, 2.75) is 131 Å². The van der Waals surface area contributed by atoms with E-state index in [4.69, 9.17) is 0 Å². The van der Waals surface area contributed by atoms with E-state index in [1.165, 1.54) is 49.2 Å². The van der Waals surface area contributed by atoms with Gasteiger partial charge in [-0.1, -0.05) is 70.7 Å². The minimum absolute atomic E-state index is 0.0695. The van der Waals surface area contributed by atoms with Gasteiger partial charge in [0.2, 0.25) is 0 Å². The topological polar surface area (TPSA) is 95.4 Å². The van der Waals surface area contributed by atoms with E-state index >= 15 is 0 Å². The number of carbonyl (C=O) groups excluding carboxylic acids is 1. The number of hydrogen-bond acceptors (Lipinski definition) is 5. The predicted octanol–water partition coefficient (Wildman–Crippen LogP) is 8.41. The van der Waals surface area contributed by atoms with Crippen LogP contribution in [0.25, 0.3) is 5.69 Å². The van der Waals surface area contributed by atoms with Crippen molar-refractivity contribution in [1.82, 2.24) is 13.9 Å². The number of aromatic nitrogens is 3. The second-order valence-electron chi connectivity index (χ2n) is 15.1. The molecule has 5 rings (SSSR count). The fourth-order valence-corrected chi connectivity index (χ4v) is 8.20. The second kappa shape index (κ2) is 14.6. The summed E-state index contributed by atoms with van der Waals surface area (Å²) < 4.78 is 4.46. The molecule has 250 valence electrons. The van der Waals surface area contributed by atoms with Gasteiger partial charge in [-0.25, -0.2) is 23.5 Å². The lowest BCUT2D eigenvalue weighted by molar-refractivity contribution is 0.101. The highest BCUT2D eigenvalue weighted by molar-refractivity contribution is 5.94. The van der Waals surface area contributed by atoms with Gasteiger partial charge in [-0.3, -0.25) is 4.79 Å². The standard InChI is InChI=1S/C38H54N4O4/c1-24(2)9-7-10-25(3)26(4)13-20-34-27(5)11-8-12-30(34)21-36-35-22-32(39-46)17-14-31(35)23-40-37(44)41(38(45)42(36)40)33-18-15-29(16-19-33)28(6)43/h15-16,18-19,21,24-27,32,34,36H,7-14,17,20,22-23H2,1-6H3/b30-21+/t25-,26-,27-,32+,34?,36?/m1/s1. The summed E-state index contributed by atoms with van der Waals surface area (Å²) in [5, 5.41) is 3.42. The van der Waals surface area contributed by atoms with Gasteiger partial charge in [0.25, 0.3) is 0 Å². The van der Waals surface area contributed by atoms with Gasteiger partial charge in [-0.05, 0) is 123 Å². The van der Waals surface area contributed by atoms with E-state index in [1.54, 1.807) is 33.6 Å². The van der Waals surface area contributed by atoms with E-state index in [0.29, 0.717) is 60.7 Å². The molecule has 0 saturated heterocycles. The minimum Gasteiger partial charge on any atom is -0.295 e. The molecule has 3 aliphatic rings. The number of rotatable bonds is 12. The summed E-state index contributed by atoms with van der Waals surface area (Å²) in [6.07, 6.45) is 13.7. The Morgan fingerprint density at radius 2 is 1.70 bits per heavy atom. The summed E-state index contributed by atoms with van der Waals surface area (Å²) >= 11 is 0. The van der Waals surface area contributed by atoms with Gasteiger partial charge in [0.05, 0.1) is 24.3 Å². The average molecular weight is 631 g/mol. The number of fused-ring (bicyclic) bond motifs is 1. The lowest BCUT2D eigenvalue weighted by Crippen LogP contribution is -2.38. The van der Waals surface area contributed by atoms with Crippen molar-refractivity contribution < 1.29 is 4.79 Å². The summed E-state index contributed by atoms with van der Waals surface area (Å²) in [6.45, 7) is 13.6. The SMILES string of the molecule is CC(=O)c1ccc(-n2c(=O)n3n(c2=O)C(/C=C2\CCC[C@@H](C)C2CC[C@@H](C)[C@H](C)CCCC(C)C)C2=C(CC[C@H](N=O)C2)C3)cc1. The van der Waals surface area contributed by atoms with Crippen molar-refractivity contribution in [3.8, 4) is 5.69 Å². The molecular weight excluding hydrogens is 576 g/mol.